The minimum atomic E-state index is -0.285. The fourth-order valence-electron chi connectivity index (χ4n) is 2.00. The summed E-state index contributed by atoms with van der Waals surface area (Å²) in [6, 6.07) is 7.39. The highest BCUT2D eigenvalue weighted by molar-refractivity contribution is 5.89. The second-order valence-corrected chi connectivity index (χ2v) is 4.58. The molecule has 1 unspecified atom stereocenters. The average molecular weight is 287 g/mol. The normalized spacial score (nSPS) is 18.2. The van der Waals surface area contributed by atoms with E-state index in [1.165, 1.54) is 0 Å². The van der Waals surface area contributed by atoms with E-state index in [9.17, 15) is 4.79 Å². The molecule has 1 atom stereocenters. The molecule has 0 bridgehead atoms. The van der Waals surface area contributed by atoms with Gasteiger partial charge in [-0.25, -0.2) is 4.79 Å². The van der Waals surface area contributed by atoms with Crippen LogP contribution in [0, 0.1) is 0 Å². The summed E-state index contributed by atoms with van der Waals surface area (Å²) in [6.07, 6.45) is -0.360. The van der Waals surface area contributed by atoms with Gasteiger partial charge in [0, 0.05) is 12.2 Å². The van der Waals surface area contributed by atoms with Gasteiger partial charge in [-0.1, -0.05) is 0 Å². The zero-order valence-electron chi connectivity index (χ0n) is 11.3. The molecule has 19 heavy (non-hydrogen) atoms. The SMILES string of the molecule is COc1ccc(N2CC(CN(C)C)OC2=O)cc1.Cl. The lowest BCUT2D eigenvalue weighted by atomic mass is 10.2. The van der Waals surface area contributed by atoms with Crippen molar-refractivity contribution in [3.05, 3.63) is 24.3 Å². The molecule has 1 amide bonds. The van der Waals surface area contributed by atoms with Gasteiger partial charge in [-0.2, -0.15) is 0 Å². The van der Waals surface area contributed by atoms with Crippen molar-refractivity contribution in [2.24, 2.45) is 0 Å². The Morgan fingerprint density at radius 1 is 1.37 bits per heavy atom. The zero-order chi connectivity index (χ0) is 13.1. The Morgan fingerprint density at radius 3 is 2.53 bits per heavy atom. The molecule has 106 valence electrons. The molecule has 1 aromatic carbocycles. The van der Waals surface area contributed by atoms with E-state index < -0.39 is 0 Å². The van der Waals surface area contributed by atoms with Crippen LogP contribution in [0.1, 0.15) is 0 Å². The standard InChI is InChI=1S/C13H18N2O3.ClH/c1-14(2)8-12-9-15(13(16)18-12)10-4-6-11(17-3)7-5-10;/h4-7,12H,8-9H2,1-3H3;1H. The molecule has 0 radical (unpaired) electrons. The third kappa shape index (κ3) is 3.75. The van der Waals surface area contributed by atoms with Gasteiger partial charge in [0.1, 0.15) is 11.9 Å². The summed E-state index contributed by atoms with van der Waals surface area (Å²) >= 11 is 0. The highest BCUT2D eigenvalue weighted by atomic mass is 35.5. The summed E-state index contributed by atoms with van der Waals surface area (Å²) in [5, 5.41) is 0. The summed E-state index contributed by atoms with van der Waals surface area (Å²) in [5.41, 5.74) is 0.835. The number of nitrogens with zero attached hydrogens (tertiary/aromatic N) is 2. The summed E-state index contributed by atoms with van der Waals surface area (Å²) < 4.78 is 10.4. The largest absolute Gasteiger partial charge is 0.497 e. The lowest BCUT2D eigenvalue weighted by molar-refractivity contribution is 0.123. The fourth-order valence-corrected chi connectivity index (χ4v) is 2.00. The first kappa shape index (κ1) is 15.6. The Bertz CT molecular complexity index is 422. The monoisotopic (exact) mass is 286 g/mol. The van der Waals surface area contributed by atoms with Crippen molar-refractivity contribution in [2.75, 3.05) is 39.2 Å². The van der Waals surface area contributed by atoms with Gasteiger partial charge in [0.05, 0.1) is 13.7 Å². The summed E-state index contributed by atoms with van der Waals surface area (Å²) in [4.78, 5) is 15.4. The predicted octanol–water partition coefficient (Wildman–Crippen LogP) is 2.00. The number of anilines is 1. The zero-order valence-corrected chi connectivity index (χ0v) is 12.1. The average Bonchev–Trinajstić information content (AvgIpc) is 2.69. The summed E-state index contributed by atoms with van der Waals surface area (Å²) in [6.45, 7) is 1.32. The second kappa shape index (κ2) is 6.63. The van der Waals surface area contributed by atoms with Gasteiger partial charge in [0.2, 0.25) is 0 Å². The number of hydrogen-bond acceptors (Lipinski definition) is 4. The predicted molar refractivity (Wildman–Crippen MR) is 76.4 cm³/mol. The lowest BCUT2D eigenvalue weighted by Crippen LogP contribution is -2.30. The molecular weight excluding hydrogens is 268 g/mol. The number of likely N-dealkylation sites (N-methyl/N-ethyl adjacent to an activating group) is 1. The molecule has 1 aliphatic rings. The molecule has 1 aromatic rings. The summed E-state index contributed by atoms with van der Waals surface area (Å²) in [7, 11) is 5.54. The summed E-state index contributed by atoms with van der Waals surface area (Å²) in [5.74, 6) is 0.774. The van der Waals surface area contributed by atoms with Crippen LogP contribution in [-0.2, 0) is 4.74 Å². The van der Waals surface area contributed by atoms with Crippen LogP contribution in [0.15, 0.2) is 24.3 Å². The van der Waals surface area contributed by atoms with E-state index in [1.54, 1.807) is 12.0 Å². The van der Waals surface area contributed by atoms with E-state index in [0.29, 0.717) is 6.54 Å². The van der Waals surface area contributed by atoms with Crippen molar-refractivity contribution in [3.8, 4) is 5.75 Å². The Kier molecular flexibility index (Phi) is 5.44. The van der Waals surface area contributed by atoms with E-state index in [1.807, 2.05) is 43.3 Å². The number of carbonyl (C=O) groups is 1. The Balaban J connectivity index is 0.00000180. The smallest absolute Gasteiger partial charge is 0.414 e. The quantitative estimate of drug-likeness (QED) is 0.849. The number of rotatable bonds is 4. The number of ether oxygens (including phenoxy) is 2. The first-order valence-electron chi connectivity index (χ1n) is 5.87. The first-order valence-corrected chi connectivity index (χ1v) is 5.87. The van der Waals surface area contributed by atoms with Crippen LogP contribution in [0.5, 0.6) is 5.75 Å². The fraction of sp³-hybridized carbons (Fsp3) is 0.462. The van der Waals surface area contributed by atoms with Gasteiger partial charge >= 0.3 is 6.09 Å². The van der Waals surface area contributed by atoms with Crippen molar-refractivity contribution < 1.29 is 14.3 Å². The number of cyclic esters (lactones) is 1. The minimum Gasteiger partial charge on any atom is -0.497 e. The molecule has 1 aliphatic heterocycles. The minimum absolute atomic E-state index is 0. The molecule has 0 aliphatic carbocycles. The molecule has 1 heterocycles. The van der Waals surface area contributed by atoms with Crippen LogP contribution in [0.3, 0.4) is 0 Å². The van der Waals surface area contributed by atoms with Crippen molar-refractivity contribution in [2.45, 2.75) is 6.10 Å². The number of carbonyl (C=O) groups excluding carboxylic acids is 1. The molecule has 2 rings (SSSR count). The van der Waals surface area contributed by atoms with Crippen LogP contribution in [0.2, 0.25) is 0 Å². The molecule has 6 heteroatoms. The van der Waals surface area contributed by atoms with Gasteiger partial charge in [-0.15, -0.1) is 12.4 Å². The molecule has 0 spiro atoms. The Hall–Kier alpha value is -1.46. The van der Waals surface area contributed by atoms with Gasteiger partial charge < -0.3 is 14.4 Å². The maximum Gasteiger partial charge on any atom is 0.414 e. The van der Waals surface area contributed by atoms with E-state index in [-0.39, 0.29) is 24.6 Å². The van der Waals surface area contributed by atoms with Crippen LogP contribution in [0.4, 0.5) is 10.5 Å². The van der Waals surface area contributed by atoms with Gasteiger partial charge in [-0.05, 0) is 38.4 Å². The highest BCUT2D eigenvalue weighted by Gasteiger charge is 2.32. The van der Waals surface area contributed by atoms with Crippen LogP contribution < -0.4 is 9.64 Å². The maximum absolute atomic E-state index is 11.8. The molecular formula is C13H19ClN2O3. The van der Waals surface area contributed by atoms with Crippen LogP contribution >= 0.6 is 12.4 Å². The highest BCUT2D eigenvalue weighted by Crippen LogP contribution is 2.24. The Labute approximate surface area is 119 Å². The molecule has 0 saturated carbocycles. The van der Waals surface area contributed by atoms with Crippen molar-refractivity contribution in [1.82, 2.24) is 4.90 Å². The van der Waals surface area contributed by atoms with E-state index in [2.05, 4.69) is 0 Å². The molecule has 0 N–H and O–H groups in total. The van der Waals surface area contributed by atoms with Crippen molar-refractivity contribution >= 4 is 24.2 Å². The van der Waals surface area contributed by atoms with Gasteiger partial charge in [-0.3, -0.25) is 4.90 Å². The van der Waals surface area contributed by atoms with Crippen LogP contribution in [0.25, 0.3) is 0 Å². The molecule has 1 saturated heterocycles. The van der Waals surface area contributed by atoms with E-state index in [0.717, 1.165) is 18.0 Å². The molecule has 1 fully saturated rings. The third-order valence-corrected chi connectivity index (χ3v) is 2.83. The maximum atomic E-state index is 11.8. The third-order valence-electron chi connectivity index (χ3n) is 2.83. The van der Waals surface area contributed by atoms with E-state index >= 15 is 0 Å². The van der Waals surface area contributed by atoms with Crippen molar-refractivity contribution in [1.29, 1.82) is 0 Å². The topological polar surface area (TPSA) is 42.0 Å². The number of hydrogen-bond donors (Lipinski definition) is 0. The second-order valence-electron chi connectivity index (χ2n) is 4.58. The molecule has 5 nitrogen and oxygen atoms in total. The number of halogens is 1. The Morgan fingerprint density at radius 2 is 2.00 bits per heavy atom. The number of benzene rings is 1. The number of methoxy groups -OCH3 is 1. The number of amides is 1. The van der Waals surface area contributed by atoms with Crippen LogP contribution in [-0.4, -0.2) is 51.4 Å². The first-order chi connectivity index (χ1) is 8.60. The van der Waals surface area contributed by atoms with Gasteiger partial charge in [0.15, 0.2) is 0 Å². The van der Waals surface area contributed by atoms with Gasteiger partial charge in [0.25, 0.3) is 0 Å². The lowest BCUT2D eigenvalue weighted by Gasteiger charge is -2.15. The molecule has 0 aromatic heterocycles. The van der Waals surface area contributed by atoms with E-state index in [4.69, 9.17) is 9.47 Å². The van der Waals surface area contributed by atoms with Crippen molar-refractivity contribution in [3.63, 3.8) is 0 Å².